The van der Waals surface area contributed by atoms with Crippen LogP contribution in [0.15, 0.2) is 72.8 Å². The van der Waals surface area contributed by atoms with Gasteiger partial charge in [0.25, 0.3) is 0 Å². The Balaban J connectivity index is 1.35. The van der Waals surface area contributed by atoms with Gasteiger partial charge in [0.15, 0.2) is 0 Å². The number of benzene rings is 3. The minimum absolute atomic E-state index is 0.102. The zero-order chi connectivity index (χ0) is 32.6. The second-order valence-corrected chi connectivity index (χ2v) is 12.1. The summed E-state index contributed by atoms with van der Waals surface area (Å²) < 4.78 is 92.9. The molecule has 12 heteroatoms. The fraction of sp³-hybridized carbons (Fsp3) is 0.412. The highest BCUT2D eigenvalue weighted by atomic mass is 19.4. The van der Waals surface area contributed by atoms with Crippen molar-refractivity contribution in [2.75, 3.05) is 27.2 Å². The first-order valence-corrected chi connectivity index (χ1v) is 15.2. The Morgan fingerprint density at radius 2 is 0.978 bits per heavy atom. The molecule has 0 spiro atoms. The topological polar surface area (TPSA) is 50.7 Å². The molecule has 0 bridgehead atoms. The van der Waals surface area contributed by atoms with Gasteiger partial charge in [0.1, 0.15) is 12.2 Å². The van der Waals surface area contributed by atoms with Crippen molar-refractivity contribution < 1.29 is 35.8 Å². The van der Waals surface area contributed by atoms with Crippen molar-refractivity contribution in [3.63, 3.8) is 0 Å². The molecule has 4 atom stereocenters. The molecule has 0 amide bonds. The Morgan fingerprint density at radius 3 is 1.28 bits per heavy atom. The van der Waals surface area contributed by atoms with Gasteiger partial charge < -0.3 is 9.47 Å². The van der Waals surface area contributed by atoms with E-state index in [4.69, 9.17) is 9.47 Å². The number of hydrogen-bond acceptors (Lipinski definition) is 6. The predicted molar refractivity (Wildman–Crippen MR) is 160 cm³/mol. The first-order valence-electron chi connectivity index (χ1n) is 15.2. The summed E-state index contributed by atoms with van der Waals surface area (Å²) in [6.07, 6.45) is -6.73. The molecule has 6 nitrogen and oxygen atoms in total. The van der Waals surface area contributed by atoms with Crippen LogP contribution in [0.4, 0.5) is 26.3 Å². The summed E-state index contributed by atoms with van der Waals surface area (Å²) in [5, 5.41) is 10.00. The maximum Gasteiger partial charge on any atom is 0.416 e. The van der Waals surface area contributed by atoms with E-state index in [2.05, 4.69) is 20.0 Å². The van der Waals surface area contributed by atoms with E-state index >= 15 is 0 Å². The summed E-state index contributed by atoms with van der Waals surface area (Å²) in [7, 11) is 3.92. The summed E-state index contributed by atoms with van der Waals surface area (Å²) in [6.45, 7) is 1.65. The van der Waals surface area contributed by atoms with Crippen LogP contribution in [-0.2, 0) is 12.4 Å². The quantitative estimate of drug-likeness (QED) is 0.181. The van der Waals surface area contributed by atoms with E-state index in [0.717, 1.165) is 63.0 Å². The second-order valence-electron chi connectivity index (χ2n) is 12.1. The average Bonchev–Trinajstić information content (AvgIpc) is 3.66. The molecule has 0 unspecified atom stereocenters. The number of likely N-dealkylation sites (tertiary alicyclic amines) is 2. The van der Waals surface area contributed by atoms with Crippen LogP contribution in [0.5, 0.6) is 11.8 Å². The van der Waals surface area contributed by atoms with E-state index in [0.29, 0.717) is 21.9 Å². The number of nitrogens with zero attached hydrogens (tertiary/aromatic N) is 4. The lowest BCUT2D eigenvalue weighted by Crippen LogP contribution is -2.35. The van der Waals surface area contributed by atoms with Gasteiger partial charge in [-0.15, -0.1) is 10.2 Å². The highest BCUT2D eigenvalue weighted by Gasteiger charge is 2.37. The smallest absolute Gasteiger partial charge is 0.416 e. The number of ether oxygens (including phenoxy) is 2. The van der Waals surface area contributed by atoms with Crippen LogP contribution in [0.1, 0.15) is 60.1 Å². The van der Waals surface area contributed by atoms with Crippen LogP contribution in [0.3, 0.4) is 0 Å². The van der Waals surface area contributed by atoms with Crippen LogP contribution in [-0.4, -0.2) is 59.3 Å². The minimum Gasteiger partial charge on any atom is -0.466 e. The van der Waals surface area contributed by atoms with Gasteiger partial charge in [0.2, 0.25) is 11.8 Å². The zero-order valence-corrected chi connectivity index (χ0v) is 25.4. The Labute approximate surface area is 262 Å². The van der Waals surface area contributed by atoms with Crippen molar-refractivity contribution in [3.8, 4) is 11.8 Å². The molecule has 3 aromatic carbocycles. The van der Waals surface area contributed by atoms with E-state index in [1.165, 1.54) is 24.3 Å². The SMILES string of the molecule is CN1CCC[C@H]1[C@H](Oc1nnc(O[C@H](c2ccc(C(F)(F)F)cc2)[C@@H]2CCCN2C)c2ccccc12)c1ccc(C(F)(F)F)cc1. The molecule has 1 aromatic heterocycles. The maximum absolute atomic E-state index is 13.3. The number of rotatable bonds is 8. The molecule has 0 aliphatic carbocycles. The fourth-order valence-corrected chi connectivity index (χ4v) is 6.57. The van der Waals surface area contributed by atoms with Crippen molar-refractivity contribution in [1.82, 2.24) is 20.0 Å². The number of fused-ring (bicyclic) bond motifs is 1. The van der Waals surface area contributed by atoms with E-state index in [-0.39, 0.29) is 23.8 Å². The first kappa shape index (κ1) is 32.1. The van der Waals surface area contributed by atoms with Crippen LogP contribution in [0.25, 0.3) is 10.8 Å². The van der Waals surface area contributed by atoms with Crippen LogP contribution < -0.4 is 9.47 Å². The summed E-state index contributed by atoms with van der Waals surface area (Å²) in [5.41, 5.74) is -0.303. The summed E-state index contributed by atoms with van der Waals surface area (Å²) in [4.78, 5) is 4.25. The van der Waals surface area contributed by atoms with E-state index in [1.54, 1.807) is 0 Å². The van der Waals surface area contributed by atoms with Gasteiger partial charge >= 0.3 is 12.4 Å². The summed E-state index contributed by atoms with van der Waals surface area (Å²) in [6, 6.07) is 17.0. The zero-order valence-electron chi connectivity index (χ0n) is 25.4. The molecule has 0 saturated carbocycles. The first-order chi connectivity index (χ1) is 21.9. The van der Waals surface area contributed by atoms with Gasteiger partial charge in [-0.25, -0.2) is 0 Å². The molecule has 2 saturated heterocycles. The Morgan fingerprint density at radius 1 is 0.609 bits per heavy atom. The van der Waals surface area contributed by atoms with Crippen LogP contribution in [0.2, 0.25) is 0 Å². The molecule has 3 heterocycles. The number of halogens is 6. The number of alkyl halides is 6. The number of aromatic nitrogens is 2. The summed E-state index contributed by atoms with van der Waals surface area (Å²) >= 11 is 0. The second kappa shape index (κ2) is 12.7. The Bertz CT molecular complexity index is 1520. The molecular weight excluding hydrogens is 610 g/mol. The lowest BCUT2D eigenvalue weighted by Gasteiger charge is -2.31. The summed E-state index contributed by atoms with van der Waals surface area (Å²) in [5.74, 6) is 0.412. The average molecular weight is 645 g/mol. The number of likely N-dealkylation sites (N-methyl/N-ethyl adjacent to an activating group) is 2. The van der Waals surface area contributed by atoms with Crippen LogP contribution in [0, 0.1) is 0 Å². The molecule has 2 fully saturated rings. The molecule has 4 aromatic rings. The van der Waals surface area contributed by atoms with Crippen molar-refractivity contribution in [1.29, 1.82) is 0 Å². The molecule has 2 aliphatic rings. The molecule has 0 N–H and O–H groups in total. The standard InChI is InChI=1S/C34H34F6N4O2/c1-43-19-5-9-27(43)29(21-11-15-23(16-12-21)33(35,36)37)45-31-25-7-3-4-8-26(25)32(42-41-31)46-30(28-10-6-20-44(28)2)22-13-17-24(18-14-22)34(38,39)40/h3-4,7-8,11-18,27-30H,5-6,9-10,19-20H2,1-2H3/t27-,28-,29+,30+/m0/s1. The van der Waals surface area contributed by atoms with Crippen molar-refractivity contribution in [2.24, 2.45) is 0 Å². The molecule has 46 heavy (non-hydrogen) atoms. The van der Waals surface area contributed by atoms with Gasteiger partial charge in [0, 0.05) is 0 Å². The third-order valence-electron chi connectivity index (χ3n) is 9.08. The van der Waals surface area contributed by atoms with Crippen molar-refractivity contribution >= 4 is 10.8 Å². The maximum atomic E-state index is 13.3. The fourth-order valence-electron chi connectivity index (χ4n) is 6.57. The third kappa shape index (κ3) is 6.64. The van der Waals surface area contributed by atoms with Gasteiger partial charge in [-0.3, -0.25) is 9.80 Å². The monoisotopic (exact) mass is 644 g/mol. The van der Waals surface area contributed by atoms with E-state index in [9.17, 15) is 26.3 Å². The molecule has 0 radical (unpaired) electrons. The van der Waals surface area contributed by atoms with Crippen molar-refractivity contribution in [3.05, 3.63) is 95.1 Å². The van der Waals surface area contributed by atoms with E-state index < -0.39 is 35.7 Å². The number of hydrogen-bond donors (Lipinski definition) is 0. The molecular formula is C34H34F6N4O2. The Hall–Kier alpha value is -3.90. The van der Waals surface area contributed by atoms with Gasteiger partial charge in [-0.1, -0.05) is 36.4 Å². The molecule has 6 rings (SSSR count). The molecule has 244 valence electrons. The van der Waals surface area contributed by atoms with E-state index in [1.807, 2.05) is 38.4 Å². The molecule has 2 aliphatic heterocycles. The van der Waals surface area contributed by atoms with Gasteiger partial charge in [0.05, 0.1) is 34.0 Å². The highest BCUT2D eigenvalue weighted by molar-refractivity contribution is 5.90. The largest absolute Gasteiger partial charge is 0.466 e. The van der Waals surface area contributed by atoms with Crippen molar-refractivity contribution in [2.45, 2.75) is 62.3 Å². The Kier molecular flexibility index (Phi) is 8.86. The normalized spacial score (nSPS) is 21.0. The minimum atomic E-state index is -4.46. The highest BCUT2D eigenvalue weighted by Crippen LogP contribution is 2.40. The van der Waals surface area contributed by atoms with Gasteiger partial charge in [-0.05, 0) is 100 Å². The van der Waals surface area contributed by atoms with Crippen LogP contribution >= 0.6 is 0 Å². The van der Waals surface area contributed by atoms with Gasteiger partial charge in [-0.2, -0.15) is 26.3 Å². The third-order valence-corrected chi connectivity index (χ3v) is 9.08. The lowest BCUT2D eigenvalue weighted by molar-refractivity contribution is -0.138. The lowest BCUT2D eigenvalue weighted by atomic mass is 9.98. The predicted octanol–water partition coefficient (Wildman–Crippen LogP) is 8.10.